The first-order chi connectivity index (χ1) is 12.8. The van der Waals surface area contributed by atoms with Crippen LogP contribution in [0.15, 0.2) is 0 Å². The average Bonchev–Trinajstić information content (AvgIpc) is 3.33. The molecule has 3 atom stereocenters. The van der Waals surface area contributed by atoms with Gasteiger partial charge in [0, 0.05) is 13.1 Å². The molecule has 152 valence electrons. The summed E-state index contributed by atoms with van der Waals surface area (Å²) >= 11 is 0. The Hall–Kier alpha value is -1.47. The molecule has 1 aliphatic carbocycles. The Kier molecular flexibility index (Phi) is 4.79. The molecule has 2 bridgehead atoms. The molecule has 3 saturated heterocycles. The summed E-state index contributed by atoms with van der Waals surface area (Å²) in [6.45, 7) is 2.41. The number of rotatable bonds is 6. The SMILES string of the molecule is O=C(NOCC1CCCNC1)[C@@H]1CC2(CC2)[C@@H]2CN1C(=O)N2OS(=O)(=O)O. The van der Waals surface area contributed by atoms with Crippen molar-refractivity contribution in [1.29, 1.82) is 0 Å². The number of urea groups is 1. The van der Waals surface area contributed by atoms with Gasteiger partial charge in [0.1, 0.15) is 6.04 Å². The van der Waals surface area contributed by atoms with Gasteiger partial charge in [-0.2, -0.15) is 13.5 Å². The molecule has 3 heterocycles. The molecular weight excluding hydrogens is 380 g/mol. The van der Waals surface area contributed by atoms with Crippen LogP contribution in [0.5, 0.6) is 0 Å². The van der Waals surface area contributed by atoms with E-state index in [1.165, 1.54) is 4.90 Å². The molecule has 4 aliphatic rings. The zero-order valence-electron chi connectivity index (χ0n) is 14.8. The Balaban J connectivity index is 1.39. The zero-order chi connectivity index (χ0) is 19.2. The van der Waals surface area contributed by atoms with E-state index in [0.717, 1.165) is 38.8 Å². The fourth-order valence-electron chi connectivity index (χ4n) is 4.42. The quantitative estimate of drug-likeness (QED) is 0.395. The number of amides is 3. The smallest absolute Gasteiger partial charge is 0.316 e. The molecule has 0 radical (unpaired) electrons. The van der Waals surface area contributed by atoms with Crippen molar-refractivity contribution in [3.8, 4) is 0 Å². The number of hydrogen-bond donors (Lipinski definition) is 3. The van der Waals surface area contributed by atoms with Crippen LogP contribution < -0.4 is 10.8 Å². The number of piperidine rings is 2. The van der Waals surface area contributed by atoms with Gasteiger partial charge >= 0.3 is 16.4 Å². The molecule has 4 fully saturated rings. The zero-order valence-corrected chi connectivity index (χ0v) is 15.6. The normalized spacial score (nSPS) is 32.0. The molecule has 3 amide bonds. The summed E-state index contributed by atoms with van der Waals surface area (Å²) in [6, 6.07) is -1.99. The van der Waals surface area contributed by atoms with Gasteiger partial charge in [-0.15, -0.1) is 4.28 Å². The van der Waals surface area contributed by atoms with E-state index in [2.05, 4.69) is 15.1 Å². The maximum absolute atomic E-state index is 12.6. The number of fused-ring (bicyclic) bond motifs is 3. The summed E-state index contributed by atoms with van der Waals surface area (Å²) in [4.78, 5) is 31.8. The maximum Gasteiger partial charge on any atom is 0.418 e. The summed E-state index contributed by atoms with van der Waals surface area (Å²) in [7, 11) is -4.82. The molecule has 11 nitrogen and oxygen atoms in total. The Morgan fingerprint density at radius 3 is 2.81 bits per heavy atom. The first kappa shape index (κ1) is 18.9. The van der Waals surface area contributed by atoms with Crippen molar-refractivity contribution in [2.75, 3.05) is 26.2 Å². The first-order valence-corrected chi connectivity index (χ1v) is 10.5. The molecule has 1 saturated carbocycles. The van der Waals surface area contributed by atoms with Crippen molar-refractivity contribution in [2.45, 2.75) is 44.2 Å². The maximum atomic E-state index is 12.6. The number of hydroxylamine groups is 3. The van der Waals surface area contributed by atoms with E-state index >= 15 is 0 Å². The van der Waals surface area contributed by atoms with Gasteiger partial charge in [0.25, 0.3) is 5.91 Å². The molecule has 27 heavy (non-hydrogen) atoms. The fraction of sp³-hybridized carbons (Fsp3) is 0.867. The topological polar surface area (TPSA) is 138 Å². The Morgan fingerprint density at radius 2 is 2.19 bits per heavy atom. The molecule has 3 N–H and O–H groups in total. The second-order valence-corrected chi connectivity index (χ2v) is 8.86. The van der Waals surface area contributed by atoms with E-state index in [-0.39, 0.29) is 12.0 Å². The Labute approximate surface area is 157 Å². The Morgan fingerprint density at radius 1 is 1.41 bits per heavy atom. The molecule has 1 spiro atoms. The second-order valence-electron chi connectivity index (χ2n) is 7.85. The minimum absolute atomic E-state index is 0.180. The van der Waals surface area contributed by atoms with Gasteiger partial charge in [0.05, 0.1) is 12.6 Å². The molecule has 12 heteroatoms. The predicted octanol–water partition coefficient (Wildman–Crippen LogP) is -0.573. The van der Waals surface area contributed by atoms with E-state index in [1.54, 1.807) is 0 Å². The summed E-state index contributed by atoms with van der Waals surface area (Å²) < 4.78 is 35.6. The second kappa shape index (κ2) is 6.85. The highest BCUT2D eigenvalue weighted by Crippen LogP contribution is 2.59. The number of nitrogens with one attached hydrogen (secondary N) is 2. The van der Waals surface area contributed by atoms with Gasteiger partial charge in [-0.1, -0.05) is 0 Å². The van der Waals surface area contributed by atoms with Crippen LogP contribution in [0.4, 0.5) is 4.79 Å². The van der Waals surface area contributed by atoms with Crippen molar-refractivity contribution in [1.82, 2.24) is 20.8 Å². The number of nitrogens with zero attached hydrogens (tertiary/aromatic N) is 2. The highest BCUT2D eigenvalue weighted by atomic mass is 32.3. The van der Waals surface area contributed by atoms with Crippen molar-refractivity contribution in [3.63, 3.8) is 0 Å². The lowest BCUT2D eigenvalue weighted by atomic mass is 9.85. The van der Waals surface area contributed by atoms with Crippen molar-refractivity contribution in [3.05, 3.63) is 0 Å². The first-order valence-electron chi connectivity index (χ1n) is 9.18. The lowest BCUT2D eigenvalue weighted by Gasteiger charge is -2.35. The number of carbonyl (C=O) groups is 2. The highest BCUT2D eigenvalue weighted by molar-refractivity contribution is 7.80. The summed E-state index contributed by atoms with van der Waals surface area (Å²) in [5, 5.41) is 3.97. The molecule has 0 aromatic carbocycles. The van der Waals surface area contributed by atoms with Crippen LogP contribution in [-0.4, -0.2) is 73.2 Å². The van der Waals surface area contributed by atoms with Gasteiger partial charge in [0.15, 0.2) is 0 Å². The third-order valence-corrected chi connectivity index (χ3v) is 6.38. The number of carbonyl (C=O) groups excluding carboxylic acids is 2. The van der Waals surface area contributed by atoms with Crippen molar-refractivity contribution in [2.24, 2.45) is 11.3 Å². The van der Waals surface area contributed by atoms with Gasteiger partial charge in [0.2, 0.25) is 0 Å². The highest BCUT2D eigenvalue weighted by Gasteiger charge is 2.65. The fourth-order valence-corrected chi connectivity index (χ4v) is 4.79. The molecule has 0 aromatic heterocycles. The minimum atomic E-state index is -4.82. The van der Waals surface area contributed by atoms with E-state index in [1.807, 2.05) is 0 Å². The van der Waals surface area contributed by atoms with Crippen molar-refractivity contribution < 1.29 is 31.7 Å². The summed E-state index contributed by atoms with van der Waals surface area (Å²) in [5.41, 5.74) is 2.09. The van der Waals surface area contributed by atoms with Crippen LogP contribution in [0.25, 0.3) is 0 Å². The van der Waals surface area contributed by atoms with Crippen LogP contribution >= 0.6 is 0 Å². The van der Waals surface area contributed by atoms with E-state index in [4.69, 9.17) is 9.39 Å². The van der Waals surface area contributed by atoms with Crippen LogP contribution in [0.1, 0.15) is 32.1 Å². The van der Waals surface area contributed by atoms with Crippen LogP contribution in [0, 0.1) is 11.3 Å². The van der Waals surface area contributed by atoms with Gasteiger partial charge < -0.3 is 10.2 Å². The predicted molar refractivity (Wildman–Crippen MR) is 90.1 cm³/mol. The monoisotopic (exact) mass is 404 g/mol. The van der Waals surface area contributed by atoms with Gasteiger partial charge in [-0.05, 0) is 50.0 Å². The summed E-state index contributed by atoms with van der Waals surface area (Å²) in [6.07, 6.45) is 4.05. The van der Waals surface area contributed by atoms with Gasteiger partial charge in [-0.3, -0.25) is 14.2 Å². The molecule has 3 aliphatic heterocycles. The Bertz CT molecular complexity index is 720. The van der Waals surface area contributed by atoms with E-state index in [0.29, 0.717) is 24.0 Å². The van der Waals surface area contributed by atoms with E-state index < -0.39 is 34.4 Å². The largest absolute Gasteiger partial charge is 0.418 e. The van der Waals surface area contributed by atoms with Crippen LogP contribution in [0.2, 0.25) is 0 Å². The third kappa shape index (κ3) is 3.76. The van der Waals surface area contributed by atoms with Crippen molar-refractivity contribution >= 4 is 22.3 Å². The molecular formula is C15H24N4O7S. The average molecular weight is 404 g/mol. The van der Waals surface area contributed by atoms with E-state index in [9.17, 15) is 18.0 Å². The standard InChI is InChI=1S/C15H24N4O7S/c20-13(17-25-9-10-2-1-5-16-7-10)11-6-15(3-4-15)12-8-18(11)14(21)19(12)26-27(22,23)24/h10-12,16H,1-9H2,(H,17,20)(H,22,23,24)/t10?,11-,12-/m0/s1. The van der Waals surface area contributed by atoms with Gasteiger partial charge in [-0.25, -0.2) is 10.3 Å². The number of hydrogen-bond acceptors (Lipinski definition) is 7. The van der Waals surface area contributed by atoms with Crippen LogP contribution in [0.3, 0.4) is 0 Å². The van der Waals surface area contributed by atoms with Crippen LogP contribution in [-0.2, 0) is 24.3 Å². The third-order valence-electron chi connectivity index (χ3n) is 6.03. The molecule has 4 rings (SSSR count). The lowest BCUT2D eigenvalue weighted by Crippen LogP contribution is -2.53. The summed E-state index contributed by atoms with van der Waals surface area (Å²) in [5.74, 6) is -0.0952. The minimum Gasteiger partial charge on any atom is -0.316 e. The molecule has 1 unspecified atom stereocenters. The lowest BCUT2D eigenvalue weighted by molar-refractivity contribution is -0.141. The molecule has 0 aromatic rings.